The van der Waals surface area contributed by atoms with Gasteiger partial charge in [-0.15, -0.1) is 0 Å². The van der Waals surface area contributed by atoms with Crippen molar-refractivity contribution in [2.45, 2.75) is 25.2 Å². The van der Waals surface area contributed by atoms with Crippen LogP contribution in [0.1, 0.15) is 22.3 Å². The molecule has 0 saturated carbocycles. The monoisotopic (exact) mass is 488 g/mol. The predicted molar refractivity (Wildman–Crippen MR) is 131 cm³/mol. The van der Waals surface area contributed by atoms with Crippen LogP contribution in [0.4, 0.5) is 0 Å². The second kappa shape index (κ2) is 11.4. The molecule has 3 nitrogen and oxygen atoms in total. The van der Waals surface area contributed by atoms with Crippen LogP contribution in [-0.2, 0) is 25.2 Å². The smallest absolute Gasteiger partial charge is 0.166 e. The third-order valence-corrected chi connectivity index (χ3v) is 5.56. The van der Waals surface area contributed by atoms with E-state index in [-0.39, 0.29) is 0 Å². The standard InChI is InChI=1S/C28H25BrO3/c29-18-25-16-26(30-19-22-10-4-1-5-11-22)17-27(31-20-23-12-6-2-7-13-23)28(25)32-21-24-14-8-3-9-15-24/h1-17H,18-21H2. The van der Waals surface area contributed by atoms with Crippen molar-refractivity contribution < 1.29 is 14.2 Å². The maximum atomic E-state index is 6.24. The molecule has 0 aliphatic rings. The van der Waals surface area contributed by atoms with Crippen molar-refractivity contribution in [2.24, 2.45) is 0 Å². The Bertz CT molecular complexity index is 1100. The Morgan fingerprint density at radius 1 is 0.531 bits per heavy atom. The van der Waals surface area contributed by atoms with E-state index in [4.69, 9.17) is 14.2 Å². The summed E-state index contributed by atoms with van der Waals surface area (Å²) < 4.78 is 18.6. The molecule has 0 unspecified atom stereocenters. The van der Waals surface area contributed by atoms with Crippen LogP contribution in [0.15, 0.2) is 103 Å². The van der Waals surface area contributed by atoms with E-state index in [9.17, 15) is 0 Å². The third-order valence-electron chi connectivity index (χ3n) is 4.96. The number of hydrogen-bond acceptors (Lipinski definition) is 3. The average molecular weight is 489 g/mol. The summed E-state index contributed by atoms with van der Waals surface area (Å²) in [6.07, 6.45) is 0. The van der Waals surface area contributed by atoms with Gasteiger partial charge in [0.25, 0.3) is 0 Å². The van der Waals surface area contributed by atoms with E-state index in [2.05, 4.69) is 40.2 Å². The second-order valence-corrected chi connectivity index (χ2v) is 7.93. The summed E-state index contributed by atoms with van der Waals surface area (Å²) in [7, 11) is 0. The fourth-order valence-electron chi connectivity index (χ4n) is 3.29. The van der Waals surface area contributed by atoms with Gasteiger partial charge in [0.05, 0.1) is 0 Å². The van der Waals surface area contributed by atoms with Gasteiger partial charge in [0.15, 0.2) is 11.5 Å². The zero-order valence-electron chi connectivity index (χ0n) is 17.7. The molecule has 0 N–H and O–H groups in total. The lowest BCUT2D eigenvalue weighted by atomic mass is 10.1. The van der Waals surface area contributed by atoms with Crippen LogP contribution >= 0.6 is 15.9 Å². The van der Waals surface area contributed by atoms with Crippen LogP contribution in [0.2, 0.25) is 0 Å². The molecule has 0 saturated heterocycles. The zero-order chi connectivity index (χ0) is 22.0. The molecule has 0 atom stereocenters. The van der Waals surface area contributed by atoms with Crippen LogP contribution in [-0.4, -0.2) is 0 Å². The maximum absolute atomic E-state index is 6.24. The lowest BCUT2D eigenvalue weighted by Crippen LogP contribution is -2.04. The summed E-state index contributed by atoms with van der Waals surface area (Å²) in [6.45, 7) is 1.41. The zero-order valence-corrected chi connectivity index (χ0v) is 19.3. The van der Waals surface area contributed by atoms with E-state index in [0.717, 1.165) is 33.8 Å². The molecule has 4 heteroatoms. The van der Waals surface area contributed by atoms with Gasteiger partial charge in [-0.25, -0.2) is 0 Å². The number of rotatable bonds is 10. The highest BCUT2D eigenvalue weighted by Gasteiger charge is 2.15. The molecule has 32 heavy (non-hydrogen) atoms. The Morgan fingerprint density at radius 3 is 1.50 bits per heavy atom. The lowest BCUT2D eigenvalue weighted by Gasteiger charge is -2.18. The lowest BCUT2D eigenvalue weighted by molar-refractivity contribution is 0.249. The first-order chi connectivity index (χ1) is 15.8. The molecule has 162 valence electrons. The van der Waals surface area contributed by atoms with Crippen molar-refractivity contribution in [3.8, 4) is 17.2 Å². The van der Waals surface area contributed by atoms with Gasteiger partial charge in [-0.05, 0) is 22.8 Å². The molecule has 0 heterocycles. The molecule has 4 aromatic carbocycles. The highest BCUT2D eigenvalue weighted by atomic mass is 79.9. The molecule has 0 aliphatic carbocycles. The van der Waals surface area contributed by atoms with Crippen molar-refractivity contribution in [3.63, 3.8) is 0 Å². The van der Waals surface area contributed by atoms with E-state index in [0.29, 0.717) is 30.9 Å². The normalized spacial score (nSPS) is 10.5. The highest BCUT2D eigenvalue weighted by molar-refractivity contribution is 9.08. The SMILES string of the molecule is BrCc1cc(OCc2ccccc2)cc(OCc2ccccc2)c1OCc1ccccc1. The molecule has 0 aromatic heterocycles. The molecular weight excluding hydrogens is 464 g/mol. The van der Waals surface area contributed by atoms with Gasteiger partial charge >= 0.3 is 0 Å². The molecule has 0 bridgehead atoms. The molecule has 0 radical (unpaired) electrons. The molecular formula is C28H25BrO3. The molecule has 4 aromatic rings. The number of ether oxygens (including phenoxy) is 3. The predicted octanol–water partition coefficient (Wildman–Crippen LogP) is 7.32. The Hall–Kier alpha value is -3.24. The summed E-state index contributed by atoms with van der Waals surface area (Å²) >= 11 is 3.60. The minimum absolute atomic E-state index is 0.451. The minimum atomic E-state index is 0.451. The summed E-state index contributed by atoms with van der Waals surface area (Å²) in [4.78, 5) is 0. The van der Waals surface area contributed by atoms with E-state index >= 15 is 0 Å². The Labute approximate surface area is 197 Å². The number of hydrogen-bond donors (Lipinski definition) is 0. The minimum Gasteiger partial charge on any atom is -0.489 e. The fraction of sp³-hybridized carbons (Fsp3) is 0.143. The summed E-state index contributed by atoms with van der Waals surface area (Å²) in [5.74, 6) is 2.15. The Kier molecular flexibility index (Phi) is 7.83. The van der Waals surface area contributed by atoms with Crippen LogP contribution < -0.4 is 14.2 Å². The van der Waals surface area contributed by atoms with E-state index in [1.807, 2.05) is 78.9 Å². The number of alkyl halides is 1. The summed E-state index contributed by atoms with van der Waals surface area (Å²) in [5.41, 5.74) is 4.29. The van der Waals surface area contributed by atoms with Gasteiger partial charge in [-0.2, -0.15) is 0 Å². The molecule has 0 spiro atoms. The van der Waals surface area contributed by atoms with Gasteiger partial charge < -0.3 is 14.2 Å². The molecule has 0 fully saturated rings. The third kappa shape index (κ3) is 6.14. The topological polar surface area (TPSA) is 27.7 Å². The maximum Gasteiger partial charge on any atom is 0.166 e. The van der Waals surface area contributed by atoms with Crippen LogP contribution in [0, 0.1) is 0 Å². The molecule has 0 aliphatic heterocycles. The van der Waals surface area contributed by atoms with E-state index in [1.165, 1.54) is 0 Å². The second-order valence-electron chi connectivity index (χ2n) is 7.37. The van der Waals surface area contributed by atoms with Gasteiger partial charge in [0, 0.05) is 17.0 Å². The van der Waals surface area contributed by atoms with Gasteiger partial charge in [-0.1, -0.05) is 107 Å². The van der Waals surface area contributed by atoms with Gasteiger partial charge in [0.1, 0.15) is 25.6 Å². The van der Waals surface area contributed by atoms with Crippen LogP contribution in [0.3, 0.4) is 0 Å². The average Bonchev–Trinajstić information content (AvgIpc) is 2.87. The Balaban J connectivity index is 1.58. The Morgan fingerprint density at radius 2 is 1.00 bits per heavy atom. The summed E-state index contributed by atoms with van der Waals surface area (Å²) in [6, 6.07) is 34.3. The number of benzene rings is 4. The first-order valence-corrected chi connectivity index (χ1v) is 11.7. The largest absolute Gasteiger partial charge is 0.489 e. The highest BCUT2D eigenvalue weighted by Crippen LogP contribution is 2.38. The first-order valence-electron chi connectivity index (χ1n) is 10.5. The van der Waals surface area contributed by atoms with E-state index < -0.39 is 0 Å². The van der Waals surface area contributed by atoms with Crippen LogP contribution in [0.25, 0.3) is 0 Å². The first kappa shape index (κ1) is 22.0. The van der Waals surface area contributed by atoms with Crippen molar-refractivity contribution in [1.82, 2.24) is 0 Å². The van der Waals surface area contributed by atoms with Gasteiger partial charge in [0.2, 0.25) is 0 Å². The van der Waals surface area contributed by atoms with Crippen molar-refractivity contribution >= 4 is 15.9 Å². The molecule has 0 amide bonds. The summed E-state index contributed by atoms with van der Waals surface area (Å²) in [5, 5.41) is 0.626. The number of halogens is 1. The van der Waals surface area contributed by atoms with Crippen LogP contribution in [0.5, 0.6) is 17.2 Å². The van der Waals surface area contributed by atoms with Gasteiger partial charge in [-0.3, -0.25) is 0 Å². The fourth-order valence-corrected chi connectivity index (χ4v) is 3.71. The van der Waals surface area contributed by atoms with Crippen molar-refractivity contribution in [3.05, 3.63) is 125 Å². The van der Waals surface area contributed by atoms with E-state index in [1.54, 1.807) is 0 Å². The quantitative estimate of drug-likeness (QED) is 0.219. The van der Waals surface area contributed by atoms with Crippen molar-refractivity contribution in [2.75, 3.05) is 0 Å². The van der Waals surface area contributed by atoms with Crippen molar-refractivity contribution in [1.29, 1.82) is 0 Å². The molecule has 4 rings (SSSR count).